The number of hydrogen-bond donors (Lipinski definition) is 1. The van der Waals surface area contributed by atoms with E-state index in [1.807, 2.05) is 18.2 Å². The Balaban J connectivity index is 2.53. The fourth-order valence-electron chi connectivity index (χ4n) is 2.89. The number of ketones is 3. The second kappa shape index (κ2) is 7.68. The fraction of sp³-hybridized carbons (Fsp3) is 0.250. The highest BCUT2D eigenvalue weighted by Crippen LogP contribution is 2.31. The summed E-state index contributed by atoms with van der Waals surface area (Å²) in [4.78, 5) is 37.2. The minimum atomic E-state index is -0.974. The van der Waals surface area contributed by atoms with Crippen molar-refractivity contribution in [3.63, 3.8) is 0 Å². The van der Waals surface area contributed by atoms with E-state index in [2.05, 4.69) is 5.32 Å². The van der Waals surface area contributed by atoms with Gasteiger partial charge in [0.1, 0.15) is 11.6 Å². The summed E-state index contributed by atoms with van der Waals surface area (Å²) in [5.41, 5.74) is 2.05. The van der Waals surface area contributed by atoms with Gasteiger partial charge in [0.15, 0.2) is 5.78 Å². The number of carbonyl (C=O) groups excluding carboxylic acids is 3. The molecule has 0 amide bonds. The molecule has 0 radical (unpaired) electrons. The Bertz CT molecular complexity index is 721. The van der Waals surface area contributed by atoms with Crippen molar-refractivity contribution in [1.82, 2.24) is 0 Å². The molecule has 0 heterocycles. The van der Waals surface area contributed by atoms with Crippen LogP contribution in [-0.4, -0.2) is 24.4 Å². The molecule has 0 aliphatic carbocycles. The number of hydrogen-bond acceptors (Lipinski definition) is 4. The van der Waals surface area contributed by atoms with Gasteiger partial charge in [-0.3, -0.25) is 14.4 Å². The Morgan fingerprint density at radius 2 is 1.38 bits per heavy atom. The molecule has 4 heteroatoms. The summed E-state index contributed by atoms with van der Waals surface area (Å²) >= 11 is 0. The minimum absolute atomic E-state index is 0.219. The van der Waals surface area contributed by atoms with Gasteiger partial charge < -0.3 is 5.32 Å². The van der Waals surface area contributed by atoms with E-state index in [-0.39, 0.29) is 17.3 Å². The van der Waals surface area contributed by atoms with Gasteiger partial charge in [-0.25, -0.2) is 0 Å². The second-order valence-electron chi connectivity index (χ2n) is 5.78. The second-order valence-corrected chi connectivity index (χ2v) is 5.78. The van der Waals surface area contributed by atoms with Gasteiger partial charge in [0.2, 0.25) is 0 Å². The first-order chi connectivity index (χ1) is 11.5. The minimum Gasteiger partial charge on any atom is -0.388 e. The quantitative estimate of drug-likeness (QED) is 0.626. The lowest BCUT2D eigenvalue weighted by Gasteiger charge is -2.23. The monoisotopic (exact) mass is 323 g/mol. The summed E-state index contributed by atoms with van der Waals surface area (Å²) in [7, 11) is 1.80. The predicted molar refractivity (Wildman–Crippen MR) is 94.4 cm³/mol. The molecule has 24 heavy (non-hydrogen) atoms. The summed E-state index contributed by atoms with van der Waals surface area (Å²) in [6.45, 7) is 2.72. The third-order valence-corrected chi connectivity index (χ3v) is 4.11. The van der Waals surface area contributed by atoms with E-state index in [0.717, 1.165) is 5.69 Å². The maximum Gasteiger partial charge on any atom is 0.171 e. The molecule has 1 atom stereocenters. The van der Waals surface area contributed by atoms with Crippen LogP contribution in [0.25, 0.3) is 0 Å². The van der Waals surface area contributed by atoms with Crippen molar-refractivity contribution in [2.45, 2.75) is 19.8 Å². The molecule has 0 aliphatic heterocycles. The summed E-state index contributed by atoms with van der Waals surface area (Å²) in [5, 5.41) is 3.01. The van der Waals surface area contributed by atoms with Crippen molar-refractivity contribution >= 4 is 23.0 Å². The molecular weight excluding hydrogens is 302 g/mol. The molecule has 0 aliphatic rings. The summed E-state index contributed by atoms with van der Waals surface area (Å²) < 4.78 is 0. The number of nitrogens with one attached hydrogen (secondary N) is 1. The van der Waals surface area contributed by atoms with Gasteiger partial charge in [0.05, 0.1) is 11.8 Å². The summed E-state index contributed by atoms with van der Waals surface area (Å²) in [6.07, 6.45) is 0. The van der Waals surface area contributed by atoms with Gasteiger partial charge >= 0.3 is 0 Å². The Hall–Kier alpha value is -2.75. The molecule has 124 valence electrons. The van der Waals surface area contributed by atoms with Crippen LogP contribution < -0.4 is 5.32 Å². The van der Waals surface area contributed by atoms with Gasteiger partial charge in [-0.1, -0.05) is 42.5 Å². The first kappa shape index (κ1) is 17.6. The van der Waals surface area contributed by atoms with E-state index < -0.39 is 11.8 Å². The number of carbonyl (C=O) groups is 3. The standard InChI is InChI=1S/C20H21NO3/c1-13(22)18(14(2)23)19(15-9-11-17(21-3)12-10-15)20(24)16-7-5-4-6-8-16/h4-12,18-19,21H,1-3H3. The average Bonchev–Trinajstić information content (AvgIpc) is 2.59. The third kappa shape index (κ3) is 3.77. The topological polar surface area (TPSA) is 63.2 Å². The van der Waals surface area contributed by atoms with E-state index in [9.17, 15) is 14.4 Å². The zero-order chi connectivity index (χ0) is 17.7. The summed E-state index contributed by atoms with van der Waals surface area (Å²) in [6, 6.07) is 16.0. The van der Waals surface area contributed by atoms with E-state index in [1.165, 1.54) is 13.8 Å². The first-order valence-electron chi connectivity index (χ1n) is 7.83. The van der Waals surface area contributed by atoms with Crippen LogP contribution in [-0.2, 0) is 9.59 Å². The van der Waals surface area contributed by atoms with Gasteiger partial charge in [0, 0.05) is 18.3 Å². The molecular formula is C20H21NO3. The summed E-state index contributed by atoms with van der Waals surface area (Å²) in [5.74, 6) is -2.60. The SMILES string of the molecule is CNc1ccc(C(C(=O)c2ccccc2)C(C(C)=O)C(C)=O)cc1. The molecule has 0 saturated heterocycles. The first-order valence-corrected chi connectivity index (χ1v) is 7.83. The lowest BCUT2D eigenvalue weighted by molar-refractivity contribution is -0.130. The molecule has 0 spiro atoms. The lowest BCUT2D eigenvalue weighted by atomic mass is 9.77. The molecule has 0 fully saturated rings. The lowest BCUT2D eigenvalue weighted by Crippen LogP contribution is -2.32. The number of benzene rings is 2. The number of anilines is 1. The van der Waals surface area contributed by atoms with Crippen LogP contribution in [0, 0.1) is 5.92 Å². The smallest absolute Gasteiger partial charge is 0.171 e. The molecule has 1 unspecified atom stereocenters. The van der Waals surface area contributed by atoms with Crippen LogP contribution in [0.3, 0.4) is 0 Å². The van der Waals surface area contributed by atoms with Crippen molar-refractivity contribution in [3.8, 4) is 0 Å². The van der Waals surface area contributed by atoms with E-state index in [0.29, 0.717) is 11.1 Å². The fourth-order valence-corrected chi connectivity index (χ4v) is 2.89. The van der Waals surface area contributed by atoms with Crippen LogP contribution in [0.1, 0.15) is 35.7 Å². The Morgan fingerprint density at radius 3 is 1.83 bits per heavy atom. The van der Waals surface area contributed by atoms with Crippen molar-refractivity contribution in [1.29, 1.82) is 0 Å². The molecule has 1 N–H and O–H groups in total. The van der Waals surface area contributed by atoms with E-state index in [4.69, 9.17) is 0 Å². The van der Waals surface area contributed by atoms with Crippen molar-refractivity contribution in [3.05, 3.63) is 65.7 Å². The van der Waals surface area contributed by atoms with Crippen molar-refractivity contribution in [2.75, 3.05) is 12.4 Å². The van der Waals surface area contributed by atoms with E-state index >= 15 is 0 Å². The Kier molecular flexibility index (Phi) is 5.64. The Labute approximate surface area is 141 Å². The average molecular weight is 323 g/mol. The molecule has 0 bridgehead atoms. The molecule has 2 aromatic carbocycles. The molecule has 2 rings (SSSR count). The van der Waals surface area contributed by atoms with Crippen molar-refractivity contribution in [2.24, 2.45) is 5.92 Å². The highest BCUT2D eigenvalue weighted by Gasteiger charge is 2.36. The van der Waals surface area contributed by atoms with Crippen LogP contribution in [0.2, 0.25) is 0 Å². The predicted octanol–water partition coefficient (Wildman–Crippen LogP) is 3.49. The number of Topliss-reactive ketones (excluding diaryl/α,β-unsaturated/α-hetero) is 3. The van der Waals surface area contributed by atoms with Gasteiger partial charge in [-0.2, -0.15) is 0 Å². The molecule has 4 nitrogen and oxygen atoms in total. The van der Waals surface area contributed by atoms with Gasteiger partial charge in [-0.15, -0.1) is 0 Å². The van der Waals surface area contributed by atoms with Crippen LogP contribution in [0.15, 0.2) is 54.6 Å². The zero-order valence-electron chi connectivity index (χ0n) is 14.1. The maximum atomic E-state index is 13.0. The van der Waals surface area contributed by atoms with Crippen molar-refractivity contribution < 1.29 is 14.4 Å². The molecule has 0 saturated carbocycles. The zero-order valence-corrected chi connectivity index (χ0v) is 14.1. The van der Waals surface area contributed by atoms with E-state index in [1.54, 1.807) is 43.4 Å². The highest BCUT2D eigenvalue weighted by atomic mass is 16.2. The Morgan fingerprint density at radius 1 is 0.833 bits per heavy atom. The third-order valence-electron chi connectivity index (χ3n) is 4.11. The van der Waals surface area contributed by atoms with Crippen LogP contribution in [0.5, 0.6) is 0 Å². The van der Waals surface area contributed by atoms with Crippen LogP contribution in [0.4, 0.5) is 5.69 Å². The van der Waals surface area contributed by atoms with Gasteiger partial charge in [0.25, 0.3) is 0 Å². The van der Waals surface area contributed by atoms with Gasteiger partial charge in [-0.05, 0) is 31.5 Å². The maximum absolute atomic E-state index is 13.0. The molecule has 0 aromatic heterocycles. The highest BCUT2D eigenvalue weighted by molar-refractivity contribution is 6.10. The van der Waals surface area contributed by atoms with Crippen LogP contribution >= 0.6 is 0 Å². The normalized spacial score (nSPS) is 11.8. The largest absolute Gasteiger partial charge is 0.388 e. The number of rotatable bonds is 7. The molecule has 2 aromatic rings.